The maximum atomic E-state index is 13.0. The highest BCUT2D eigenvalue weighted by Crippen LogP contribution is 2.49. The molecule has 1 amide bonds. The fraction of sp³-hybridized carbons (Fsp3) is 0.571. The van der Waals surface area contributed by atoms with Crippen molar-refractivity contribution >= 4 is 16.8 Å². The average molecular weight is 369 g/mol. The molecule has 144 valence electrons. The molecule has 4 rings (SSSR count). The van der Waals surface area contributed by atoms with Crippen LogP contribution in [0.2, 0.25) is 0 Å². The summed E-state index contributed by atoms with van der Waals surface area (Å²) in [7, 11) is 1.63. The number of fused-ring (bicyclic) bond motifs is 3. The zero-order chi connectivity index (χ0) is 18.8. The number of aromatic nitrogens is 2. The van der Waals surface area contributed by atoms with E-state index in [0.29, 0.717) is 48.8 Å². The summed E-state index contributed by atoms with van der Waals surface area (Å²) in [5, 5.41) is 0.568. The third-order valence-corrected chi connectivity index (χ3v) is 6.24. The van der Waals surface area contributed by atoms with E-state index in [1.165, 1.54) is 25.7 Å². The van der Waals surface area contributed by atoms with Gasteiger partial charge in [-0.2, -0.15) is 0 Å². The number of aromatic amines is 1. The van der Waals surface area contributed by atoms with Gasteiger partial charge in [-0.05, 0) is 49.1 Å². The van der Waals surface area contributed by atoms with Gasteiger partial charge in [-0.3, -0.25) is 9.59 Å². The van der Waals surface area contributed by atoms with E-state index in [2.05, 4.69) is 9.97 Å². The Hall–Kier alpha value is -2.21. The first kappa shape index (κ1) is 18.2. The van der Waals surface area contributed by atoms with Crippen molar-refractivity contribution in [2.75, 3.05) is 20.3 Å². The van der Waals surface area contributed by atoms with Crippen LogP contribution in [0.4, 0.5) is 0 Å². The van der Waals surface area contributed by atoms with Gasteiger partial charge >= 0.3 is 0 Å². The average Bonchev–Trinajstić information content (AvgIpc) is 3.28. The SMILES string of the molecule is COCCN(Cc1nc2ccccc2c(=O)[nH]1)C(=O)C[C@H]1C[C@H]2CC[C@H]1C2. The van der Waals surface area contributed by atoms with Crippen molar-refractivity contribution in [1.29, 1.82) is 0 Å². The summed E-state index contributed by atoms with van der Waals surface area (Å²) < 4.78 is 5.19. The Morgan fingerprint density at radius 2 is 2.15 bits per heavy atom. The van der Waals surface area contributed by atoms with Crippen LogP contribution in [-0.2, 0) is 16.1 Å². The monoisotopic (exact) mass is 369 g/mol. The quantitative estimate of drug-likeness (QED) is 0.814. The van der Waals surface area contributed by atoms with E-state index in [-0.39, 0.29) is 11.5 Å². The van der Waals surface area contributed by atoms with Gasteiger partial charge in [-0.25, -0.2) is 4.98 Å². The number of carbonyl (C=O) groups is 1. The first-order chi connectivity index (χ1) is 13.1. The van der Waals surface area contributed by atoms with E-state index in [4.69, 9.17) is 4.74 Å². The van der Waals surface area contributed by atoms with Crippen LogP contribution in [0, 0.1) is 17.8 Å². The molecule has 1 heterocycles. The standard InChI is InChI=1S/C21H27N3O3/c1-27-9-8-24(20(25)12-16-11-14-6-7-15(16)10-14)13-19-22-18-5-3-2-4-17(18)21(26)23-19/h2-5,14-16H,6-13H2,1H3,(H,22,23,26)/t14-,15-,16+/m0/s1. The van der Waals surface area contributed by atoms with Gasteiger partial charge in [0.2, 0.25) is 5.91 Å². The van der Waals surface area contributed by atoms with Gasteiger partial charge in [0, 0.05) is 20.1 Å². The normalized spacial score (nSPS) is 23.8. The molecule has 3 atom stereocenters. The number of hydrogen-bond donors (Lipinski definition) is 1. The molecule has 1 aromatic heterocycles. The molecule has 0 aliphatic heterocycles. The third-order valence-electron chi connectivity index (χ3n) is 6.24. The van der Waals surface area contributed by atoms with E-state index in [1.54, 1.807) is 18.1 Å². The molecule has 0 spiro atoms. The number of rotatable bonds is 7. The van der Waals surface area contributed by atoms with Crippen LogP contribution in [-0.4, -0.2) is 41.0 Å². The molecule has 2 aromatic rings. The maximum absolute atomic E-state index is 13.0. The van der Waals surface area contributed by atoms with Crippen LogP contribution in [0.3, 0.4) is 0 Å². The molecule has 6 heteroatoms. The van der Waals surface area contributed by atoms with Gasteiger partial charge in [0.1, 0.15) is 5.82 Å². The van der Waals surface area contributed by atoms with E-state index >= 15 is 0 Å². The van der Waals surface area contributed by atoms with Crippen molar-refractivity contribution in [3.8, 4) is 0 Å². The Morgan fingerprint density at radius 3 is 2.89 bits per heavy atom. The summed E-state index contributed by atoms with van der Waals surface area (Å²) in [6, 6.07) is 7.27. The fourth-order valence-electron chi connectivity index (χ4n) is 4.86. The number of benzene rings is 1. The molecule has 1 N–H and O–H groups in total. The molecular formula is C21H27N3O3. The Bertz CT molecular complexity index is 878. The number of ether oxygens (including phenoxy) is 1. The Morgan fingerprint density at radius 1 is 1.30 bits per heavy atom. The van der Waals surface area contributed by atoms with E-state index in [9.17, 15) is 9.59 Å². The Labute approximate surface area is 158 Å². The predicted molar refractivity (Wildman–Crippen MR) is 103 cm³/mol. The lowest BCUT2D eigenvalue weighted by atomic mass is 9.86. The second-order valence-electron chi connectivity index (χ2n) is 7.98. The van der Waals surface area contributed by atoms with Gasteiger partial charge < -0.3 is 14.6 Å². The molecule has 2 aliphatic carbocycles. The van der Waals surface area contributed by atoms with E-state index in [1.807, 2.05) is 18.2 Å². The van der Waals surface area contributed by atoms with E-state index < -0.39 is 0 Å². The molecule has 2 aliphatic rings. The maximum Gasteiger partial charge on any atom is 0.258 e. The lowest BCUT2D eigenvalue weighted by Crippen LogP contribution is -2.36. The van der Waals surface area contributed by atoms with Gasteiger partial charge in [-0.15, -0.1) is 0 Å². The predicted octanol–water partition coefficient (Wildman–Crippen LogP) is 2.72. The molecule has 0 radical (unpaired) electrons. The van der Waals surface area contributed by atoms with Crippen molar-refractivity contribution in [1.82, 2.24) is 14.9 Å². The molecule has 6 nitrogen and oxygen atoms in total. The number of H-pyrrole nitrogens is 1. The number of amides is 1. The number of para-hydroxylation sites is 1. The third kappa shape index (κ3) is 3.90. The number of nitrogens with zero attached hydrogens (tertiary/aromatic N) is 2. The first-order valence-electron chi connectivity index (χ1n) is 9.88. The van der Waals surface area contributed by atoms with Gasteiger partial charge in [0.05, 0.1) is 24.1 Å². The zero-order valence-corrected chi connectivity index (χ0v) is 15.8. The Balaban J connectivity index is 1.50. The van der Waals surface area contributed by atoms with Crippen molar-refractivity contribution in [3.05, 3.63) is 40.4 Å². The van der Waals surface area contributed by atoms with Gasteiger partial charge in [0.25, 0.3) is 5.56 Å². The molecule has 2 saturated carbocycles. The number of carbonyl (C=O) groups excluding carboxylic acids is 1. The summed E-state index contributed by atoms with van der Waals surface area (Å²) in [4.78, 5) is 34.4. The van der Waals surface area contributed by atoms with Crippen molar-refractivity contribution in [2.24, 2.45) is 17.8 Å². The minimum atomic E-state index is -0.164. The molecule has 0 saturated heterocycles. The molecule has 2 bridgehead atoms. The Kier molecular flexibility index (Phi) is 5.25. The van der Waals surface area contributed by atoms with Crippen LogP contribution >= 0.6 is 0 Å². The number of nitrogens with one attached hydrogen (secondary N) is 1. The molecular weight excluding hydrogens is 342 g/mol. The smallest absolute Gasteiger partial charge is 0.258 e. The highest BCUT2D eigenvalue weighted by Gasteiger charge is 2.40. The zero-order valence-electron chi connectivity index (χ0n) is 15.8. The summed E-state index contributed by atoms with van der Waals surface area (Å²) in [6.45, 7) is 1.29. The van der Waals surface area contributed by atoms with Crippen LogP contribution < -0.4 is 5.56 Å². The topological polar surface area (TPSA) is 75.3 Å². The minimum absolute atomic E-state index is 0.139. The van der Waals surface area contributed by atoms with Crippen LogP contribution in [0.5, 0.6) is 0 Å². The largest absolute Gasteiger partial charge is 0.383 e. The van der Waals surface area contributed by atoms with Crippen molar-refractivity contribution in [3.63, 3.8) is 0 Å². The molecule has 27 heavy (non-hydrogen) atoms. The fourth-order valence-corrected chi connectivity index (χ4v) is 4.86. The first-order valence-corrected chi connectivity index (χ1v) is 9.88. The minimum Gasteiger partial charge on any atom is -0.383 e. The van der Waals surface area contributed by atoms with Gasteiger partial charge in [-0.1, -0.05) is 18.6 Å². The highest BCUT2D eigenvalue weighted by atomic mass is 16.5. The van der Waals surface area contributed by atoms with Gasteiger partial charge in [0.15, 0.2) is 0 Å². The number of hydrogen-bond acceptors (Lipinski definition) is 4. The van der Waals surface area contributed by atoms with Crippen molar-refractivity contribution in [2.45, 2.75) is 38.6 Å². The molecule has 1 aromatic carbocycles. The second-order valence-corrected chi connectivity index (χ2v) is 7.98. The van der Waals surface area contributed by atoms with Crippen LogP contribution in [0.15, 0.2) is 29.1 Å². The summed E-state index contributed by atoms with van der Waals surface area (Å²) in [5.41, 5.74) is 0.492. The summed E-state index contributed by atoms with van der Waals surface area (Å²) in [6.07, 6.45) is 5.71. The van der Waals surface area contributed by atoms with Crippen LogP contribution in [0.25, 0.3) is 10.9 Å². The van der Waals surface area contributed by atoms with Crippen LogP contribution in [0.1, 0.15) is 37.9 Å². The highest BCUT2D eigenvalue weighted by molar-refractivity contribution is 5.78. The van der Waals surface area contributed by atoms with Crippen molar-refractivity contribution < 1.29 is 9.53 Å². The summed E-state index contributed by atoms with van der Waals surface area (Å²) >= 11 is 0. The molecule has 2 fully saturated rings. The second kappa shape index (κ2) is 7.80. The molecule has 0 unspecified atom stereocenters. The lowest BCUT2D eigenvalue weighted by molar-refractivity contribution is -0.134. The van der Waals surface area contributed by atoms with E-state index in [0.717, 1.165) is 11.8 Å². The lowest BCUT2D eigenvalue weighted by Gasteiger charge is -2.26. The summed E-state index contributed by atoms with van der Waals surface area (Å²) in [5.74, 6) is 2.74. The number of methoxy groups -OCH3 is 1.